The van der Waals surface area contributed by atoms with E-state index in [0.717, 1.165) is 50.8 Å². The molecule has 0 saturated heterocycles. The Balaban J connectivity index is 1.39. The van der Waals surface area contributed by atoms with Crippen LogP contribution in [0.3, 0.4) is 0 Å². The molecule has 6 rings (SSSR count). The van der Waals surface area contributed by atoms with Gasteiger partial charge in [-0.25, -0.2) is 9.67 Å². The SMILES string of the molecule is S=c1nc(-c2ccc(Cl)cc2)cc(-c2cn(-c3ccccc3)nc2-c2ccc(OCc3ccccc3)cc2)[nH]1. The number of benzene rings is 4. The molecule has 0 atom stereocenters. The van der Waals surface area contributed by atoms with Crippen molar-refractivity contribution in [3.05, 3.63) is 137 Å². The van der Waals surface area contributed by atoms with E-state index in [0.29, 0.717) is 16.4 Å². The first-order valence-corrected chi connectivity index (χ1v) is 13.2. The number of hydrogen-bond acceptors (Lipinski definition) is 4. The summed E-state index contributed by atoms with van der Waals surface area (Å²) in [6, 6.07) is 37.7. The van der Waals surface area contributed by atoms with Crippen LogP contribution in [0.25, 0.3) is 39.5 Å². The van der Waals surface area contributed by atoms with E-state index in [2.05, 4.69) is 9.97 Å². The van der Waals surface area contributed by atoms with Crippen LogP contribution in [-0.2, 0) is 6.61 Å². The zero-order valence-corrected chi connectivity index (χ0v) is 22.4. The van der Waals surface area contributed by atoms with Crippen LogP contribution in [0.15, 0.2) is 121 Å². The number of nitrogens with zero attached hydrogens (tertiary/aromatic N) is 3. The minimum absolute atomic E-state index is 0.389. The van der Waals surface area contributed by atoms with Crippen LogP contribution in [0.1, 0.15) is 5.56 Å². The highest BCUT2D eigenvalue weighted by molar-refractivity contribution is 7.71. The summed E-state index contributed by atoms with van der Waals surface area (Å²) in [6.45, 7) is 0.509. The van der Waals surface area contributed by atoms with Gasteiger partial charge in [-0.3, -0.25) is 0 Å². The monoisotopic (exact) mass is 546 g/mol. The maximum absolute atomic E-state index is 6.10. The maximum Gasteiger partial charge on any atom is 0.197 e. The lowest BCUT2D eigenvalue weighted by Gasteiger charge is -2.08. The molecule has 6 aromatic rings. The van der Waals surface area contributed by atoms with Crippen molar-refractivity contribution in [2.75, 3.05) is 0 Å². The van der Waals surface area contributed by atoms with Gasteiger partial charge in [0.15, 0.2) is 4.77 Å². The number of rotatable bonds is 7. The summed E-state index contributed by atoms with van der Waals surface area (Å²) >= 11 is 11.6. The molecule has 2 aromatic heterocycles. The second kappa shape index (κ2) is 11.1. The average molecular weight is 547 g/mol. The Morgan fingerprint density at radius 2 is 1.46 bits per heavy atom. The minimum atomic E-state index is 0.389. The number of para-hydroxylation sites is 1. The van der Waals surface area contributed by atoms with Gasteiger partial charge in [-0.1, -0.05) is 72.3 Å². The molecule has 0 aliphatic carbocycles. The number of hydrogen-bond donors (Lipinski definition) is 1. The summed E-state index contributed by atoms with van der Waals surface area (Å²) in [4.78, 5) is 7.83. The highest BCUT2D eigenvalue weighted by atomic mass is 35.5. The number of nitrogens with one attached hydrogen (secondary N) is 1. The van der Waals surface area contributed by atoms with Crippen molar-refractivity contribution in [2.45, 2.75) is 6.61 Å². The number of aromatic nitrogens is 4. The minimum Gasteiger partial charge on any atom is -0.489 e. The lowest BCUT2D eigenvalue weighted by molar-refractivity contribution is 0.306. The first kappa shape index (κ1) is 24.8. The molecule has 190 valence electrons. The van der Waals surface area contributed by atoms with E-state index in [-0.39, 0.29) is 0 Å². The van der Waals surface area contributed by atoms with E-state index in [1.54, 1.807) is 0 Å². The molecule has 1 N–H and O–H groups in total. The fourth-order valence-electron chi connectivity index (χ4n) is 4.32. The molecule has 7 heteroatoms. The lowest BCUT2D eigenvalue weighted by atomic mass is 10.0. The van der Waals surface area contributed by atoms with Crippen LogP contribution < -0.4 is 4.74 Å². The number of aromatic amines is 1. The first-order chi connectivity index (χ1) is 19.1. The molecule has 0 radical (unpaired) electrons. The van der Waals surface area contributed by atoms with Gasteiger partial charge >= 0.3 is 0 Å². The summed E-state index contributed by atoms with van der Waals surface area (Å²) < 4.78 is 8.27. The fourth-order valence-corrected chi connectivity index (χ4v) is 4.65. The molecular formula is C32H23ClN4OS. The fraction of sp³-hybridized carbons (Fsp3) is 0.0312. The van der Waals surface area contributed by atoms with E-state index in [1.165, 1.54) is 0 Å². The summed E-state index contributed by atoms with van der Waals surface area (Å²) in [5.41, 5.74) is 7.25. The van der Waals surface area contributed by atoms with Gasteiger partial charge in [-0.15, -0.1) is 0 Å². The Morgan fingerprint density at radius 1 is 0.795 bits per heavy atom. The Kier molecular flexibility index (Phi) is 7.04. The van der Waals surface area contributed by atoms with Crippen LogP contribution >= 0.6 is 23.8 Å². The predicted molar refractivity (Wildman–Crippen MR) is 159 cm³/mol. The Bertz CT molecular complexity index is 1760. The van der Waals surface area contributed by atoms with Gasteiger partial charge in [0, 0.05) is 27.9 Å². The molecule has 0 spiro atoms. The van der Waals surface area contributed by atoms with E-state index in [9.17, 15) is 0 Å². The standard InChI is InChI=1S/C32H23ClN4OS/c33-25-15-11-23(12-16-25)29-19-30(35-32(39)34-29)28-20-37(26-9-5-2-6-10-26)36-31(28)24-13-17-27(18-14-24)38-21-22-7-3-1-4-8-22/h1-20H,21H2,(H,34,35,39). The van der Waals surface area contributed by atoms with Crippen LogP contribution in [-0.4, -0.2) is 19.7 Å². The molecule has 0 unspecified atom stereocenters. The van der Waals surface area contributed by atoms with E-state index < -0.39 is 0 Å². The second-order valence-electron chi connectivity index (χ2n) is 8.96. The molecule has 5 nitrogen and oxygen atoms in total. The maximum atomic E-state index is 6.10. The highest BCUT2D eigenvalue weighted by Gasteiger charge is 2.16. The van der Waals surface area contributed by atoms with Crippen molar-refractivity contribution < 1.29 is 4.74 Å². The molecule has 4 aromatic carbocycles. The number of halogens is 1. The lowest BCUT2D eigenvalue weighted by Crippen LogP contribution is -1.95. The second-order valence-corrected chi connectivity index (χ2v) is 9.79. The molecule has 2 heterocycles. The van der Waals surface area contributed by atoms with Crippen molar-refractivity contribution >= 4 is 23.8 Å². The Labute approximate surface area is 236 Å². The third-order valence-electron chi connectivity index (χ3n) is 6.29. The normalized spacial score (nSPS) is 10.9. The largest absolute Gasteiger partial charge is 0.489 e. The van der Waals surface area contributed by atoms with E-state index in [4.69, 9.17) is 33.7 Å². The summed E-state index contributed by atoms with van der Waals surface area (Å²) in [6.07, 6.45) is 2.01. The van der Waals surface area contributed by atoms with Crippen molar-refractivity contribution in [3.8, 4) is 45.2 Å². The third-order valence-corrected chi connectivity index (χ3v) is 6.73. The van der Waals surface area contributed by atoms with Gasteiger partial charge < -0.3 is 9.72 Å². The molecule has 0 fully saturated rings. The average Bonchev–Trinajstić information content (AvgIpc) is 3.43. The molecule has 0 aliphatic heterocycles. The van der Waals surface area contributed by atoms with E-state index >= 15 is 0 Å². The molecular weight excluding hydrogens is 524 g/mol. The molecule has 0 amide bonds. The Morgan fingerprint density at radius 3 is 2.18 bits per heavy atom. The summed E-state index contributed by atoms with van der Waals surface area (Å²) in [7, 11) is 0. The smallest absolute Gasteiger partial charge is 0.197 e. The zero-order chi connectivity index (χ0) is 26.6. The summed E-state index contributed by atoms with van der Waals surface area (Å²) in [5, 5.41) is 5.65. The van der Waals surface area contributed by atoms with E-state index in [1.807, 2.05) is 126 Å². The van der Waals surface area contributed by atoms with Crippen LogP contribution in [0.5, 0.6) is 5.75 Å². The predicted octanol–water partition coefficient (Wildman–Crippen LogP) is 8.56. The van der Waals surface area contributed by atoms with Crippen molar-refractivity contribution in [1.82, 2.24) is 19.7 Å². The first-order valence-electron chi connectivity index (χ1n) is 12.4. The van der Waals surface area contributed by atoms with Crippen molar-refractivity contribution in [3.63, 3.8) is 0 Å². The van der Waals surface area contributed by atoms with Gasteiger partial charge in [0.2, 0.25) is 0 Å². The quantitative estimate of drug-likeness (QED) is 0.204. The highest BCUT2D eigenvalue weighted by Crippen LogP contribution is 2.33. The topological polar surface area (TPSA) is 55.7 Å². The van der Waals surface area contributed by atoms with Crippen LogP contribution in [0.2, 0.25) is 5.02 Å². The van der Waals surface area contributed by atoms with Crippen LogP contribution in [0, 0.1) is 4.77 Å². The van der Waals surface area contributed by atoms with Gasteiger partial charge in [0.1, 0.15) is 18.1 Å². The molecule has 0 bridgehead atoms. The van der Waals surface area contributed by atoms with Gasteiger partial charge in [0.25, 0.3) is 0 Å². The molecule has 0 aliphatic rings. The molecule has 39 heavy (non-hydrogen) atoms. The number of ether oxygens (including phenoxy) is 1. The van der Waals surface area contributed by atoms with Gasteiger partial charge in [-0.05, 0) is 72.4 Å². The van der Waals surface area contributed by atoms with Crippen molar-refractivity contribution in [2.24, 2.45) is 0 Å². The van der Waals surface area contributed by atoms with Gasteiger partial charge in [0.05, 0.1) is 17.1 Å². The van der Waals surface area contributed by atoms with Crippen molar-refractivity contribution in [1.29, 1.82) is 0 Å². The number of H-pyrrole nitrogens is 1. The van der Waals surface area contributed by atoms with Crippen LogP contribution in [0.4, 0.5) is 0 Å². The Hall–Kier alpha value is -4.52. The van der Waals surface area contributed by atoms with Gasteiger partial charge in [-0.2, -0.15) is 5.10 Å². The third kappa shape index (κ3) is 5.67. The zero-order valence-electron chi connectivity index (χ0n) is 20.8. The summed E-state index contributed by atoms with van der Waals surface area (Å²) in [5.74, 6) is 0.792. The molecule has 0 saturated carbocycles.